The summed E-state index contributed by atoms with van der Waals surface area (Å²) in [6.07, 6.45) is 0. The summed E-state index contributed by atoms with van der Waals surface area (Å²) in [4.78, 5) is 14.2. The first-order valence-electron chi connectivity index (χ1n) is 9.36. The van der Waals surface area contributed by atoms with E-state index >= 15 is 0 Å². The number of carbonyl (C=O) groups is 1. The number of hydrogen-bond acceptors (Lipinski definition) is 6. The highest BCUT2D eigenvalue weighted by atomic mass is 79.9. The third-order valence-corrected chi connectivity index (χ3v) is 6.09. The fourth-order valence-corrected chi connectivity index (χ4v) is 3.84. The van der Waals surface area contributed by atoms with Crippen LogP contribution < -0.4 is 14.4 Å². The molecule has 0 saturated heterocycles. The Labute approximate surface area is 189 Å². The van der Waals surface area contributed by atoms with Gasteiger partial charge in [-0.3, -0.25) is 9.69 Å². The molecular weight excluding hydrogens is 466 g/mol. The van der Waals surface area contributed by atoms with Crippen molar-refractivity contribution in [1.29, 1.82) is 0 Å². The largest absolute Gasteiger partial charge is 0.497 e. The SMILES string of the molecule is COc1ccc(OCC(=O)N(C)c2nnc(-c3ccc(Br)cc3)s2)c(C(C)(C)C)c1. The lowest BCUT2D eigenvalue weighted by Gasteiger charge is -2.24. The molecule has 1 heterocycles. The van der Waals surface area contributed by atoms with Crippen molar-refractivity contribution in [2.75, 3.05) is 25.7 Å². The lowest BCUT2D eigenvalue weighted by molar-refractivity contribution is -0.120. The number of anilines is 1. The van der Waals surface area contributed by atoms with Crippen LogP contribution in [0.4, 0.5) is 5.13 Å². The second-order valence-corrected chi connectivity index (χ2v) is 9.62. The molecule has 30 heavy (non-hydrogen) atoms. The summed E-state index contributed by atoms with van der Waals surface area (Å²) >= 11 is 4.78. The molecule has 3 rings (SSSR count). The Morgan fingerprint density at radius 3 is 2.47 bits per heavy atom. The number of likely N-dealkylation sites (N-methyl/N-ethyl adjacent to an activating group) is 1. The number of rotatable bonds is 6. The average molecular weight is 490 g/mol. The van der Waals surface area contributed by atoms with Crippen molar-refractivity contribution in [3.8, 4) is 22.1 Å². The molecule has 0 unspecified atom stereocenters. The van der Waals surface area contributed by atoms with E-state index in [1.807, 2.05) is 42.5 Å². The molecule has 158 valence electrons. The van der Waals surface area contributed by atoms with Crippen molar-refractivity contribution < 1.29 is 14.3 Å². The van der Waals surface area contributed by atoms with Crippen LogP contribution in [0.1, 0.15) is 26.3 Å². The summed E-state index contributed by atoms with van der Waals surface area (Å²) in [6, 6.07) is 13.4. The number of benzene rings is 2. The van der Waals surface area contributed by atoms with Gasteiger partial charge in [0, 0.05) is 22.6 Å². The quantitative estimate of drug-likeness (QED) is 0.468. The van der Waals surface area contributed by atoms with Crippen LogP contribution in [0.3, 0.4) is 0 Å². The molecule has 1 amide bonds. The van der Waals surface area contributed by atoms with E-state index in [0.717, 1.165) is 26.4 Å². The van der Waals surface area contributed by atoms with E-state index in [1.54, 1.807) is 14.2 Å². The van der Waals surface area contributed by atoms with E-state index in [2.05, 4.69) is 46.9 Å². The van der Waals surface area contributed by atoms with E-state index in [9.17, 15) is 4.79 Å². The molecule has 0 aliphatic heterocycles. The van der Waals surface area contributed by atoms with Crippen LogP contribution in [0.5, 0.6) is 11.5 Å². The first-order chi connectivity index (χ1) is 14.2. The predicted molar refractivity (Wildman–Crippen MR) is 124 cm³/mol. The summed E-state index contributed by atoms with van der Waals surface area (Å²) in [7, 11) is 3.31. The number of hydrogen-bond donors (Lipinski definition) is 0. The van der Waals surface area contributed by atoms with Gasteiger partial charge >= 0.3 is 0 Å². The van der Waals surface area contributed by atoms with Gasteiger partial charge in [0.15, 0.2) is 6.61 Å². The van der Waals surface area contributed by atoms with Gasteiger partial charge in [0.1, 0.15) is 16.5 Å². The molecular formula is C22H24BrN3O3S. The monoisotopic (exact) mass is 489 g/mol. The molecule has 0 aliphatic rings. The average Bonchev–Trinajstić information content (AvgIpc) is 3.21. The van der Waals surface area contributed by atoms with E-state index in [4.69, 9.17) is 9.47 Å². The summed E-state index contributed by atoms with van der Waals surface area (Å²) in [5, 5.41) is 9.64. The van der Waals surface area contributed by atoms with Gasteiger partial charge in [-0.2, -0.15) is 0 Å². The number of amides is 1. The second-order valence-electron chi connectivity index (χ2n) is 7.75. The van der Waals surface area contributed by atoms with Crippen molar-refractivity contribution >= 4 is 38.3 Å². The van der Waals surface area contributed by atoms with Gasteiger partial charge in [0.25, 0.3) is 5.91 Å². The maximum Gasteiger partial charge on any atom is 0.266 e. The van der Waals surface area contributed by atoms with Crippen LogP contribution in [0.15, 0.2) is 46.9 Å². The Bertz CT molecular complexity index is 1030. The summed E-state index contributed by atoms with van der Waals surface area (Å²) in [6.45, 7) is 6.17. The second kappa shape index (κ2) is 9.14. The first kappa shape index (κ1) is 22.2. The van der Waals surface area contributed by atoms with Gasteiger partial charge in [-0.05, 0) is 35.7 Å². The number of nitrogens with zero attached hydrogens (tertiary/aromatic N) is 3. The minimum absolute atomic E-state index is 0.0981. The smallest absolute Gasteiger partial charge is 0.266 e. The van der Waals surface area contributed by atoms with Crippen molar-refractivity contribution in [2.24, 2.45) is 0 Å². The molecule has 0 spiro atoms. The zero-order chi connectivity index (χ0) is 21.9. The molecule has 0 saturated carbocycles. The van der Waals surface area contributed by atoms with Gasteiger partial charge in [-0.1, -0.05) is 60.2 Å². The topological polar surface area (TPSA) is 64.6 Å². The molecule has 6 nitrogen and oxygen atoms in total. The molecule has 0 aliphatic carbocycles. The van der Waals surface area contributed by atoms with Gasteiger partial charge in [-0.25, -0.2) is 0 Å². The maximum absolute atomic E-state index is 12.7. The molecule has 8 heteroatoms. The molecule has 3 aromatic rings. The Kier molecular flexibility index (Phi) is 6.77. The standard InChI is InChI=1S/C22H24BrN3O3S/c1-22(2,3)17-12-16(28-5)10-11-18(17)29-13-19(27)26(4)21-25-24-20(30-21)14-6-8-15(23)9-7-14/h6-12H,13H2,1-5H3. The van der Waals surface area contributed by atoms with Crippen LogP contribution in [-0.2, 0) is 10.2 Å². The zero-order valence-electron chi connectivity index (χ0n) is 17.6. The van der Waals surface area contributed by atoms with Gasteiger partial charge < -0.3 is 9.47 Å². The Balaban J connectivity index is 1.71. The number of carbonyl (C=O) groups excluding carboxylic acids is 1. The summed E-state index contributed by atoms with van der Waals surface area (Å²) in [5.41, 5.74) is 1.77. The molecule has 1 aromatic heterocycles. The molecule has 0 fully saturated rings. The van der Waals surface area contributed by atoms with E-state index in [-0.39, 0.29) is 17.9 Å². The minimum Gasteiger partial charge on any atom is -0.497 e. The number of aromatic nitrogens is 2. The fraction of sp³-hybridized carbons (Fsp3) is 0.318. The van der Waals surface area contributed by atoms with Crippen LogP contribution in [0.2, 0.25) is 0 Å². The van der Waals surface area contributed by atoms with Crippen LogP contribution in [0, 0.1) is 0 Å². The number of ether oxygens (including phenoxy) is 2. The summed E-state index contributed by atoms with van der Waals surface area (Å²) < 4.78 is 12.2. The molecule has 0 bridgehead atoms. The first-order valence-corrected chi connectivity index (χ1v) is 11.0. The van der Waals surface area contributed by atoms with Crippen molar-refractivity contribution in [1.82, 2.24) is 10.2 Å². The third-order valence-electron chi connectivity index (χ3n) is 4.51. The van der Waals surface area contributed by atoms with Gasteiger partial charge in [0.05, 0.1) is 7.11 Å². The van der Waals surface area contributed by atoms with Crippen molar-refractivity contribution in [3.63, 3.8) is 0 Å². The van der Waals surface area contributed by atoms with Gasteiger partial charge in [-0.15, -0.1) is 10.2 Å². The predicted octanol–water partition coefficient (Wildman–Crippen LogP) is 5.32. The molecule has 0 atom stereocenters. The van der Waals surface area contributed by atoms with Crippen molar-refractivity contribution in [3.05, 3.63) is 52.5 Å². The molecule has 2 aromatic carbocycles. The van der Waals surface area contributed by atoms with E-state index in [1.165, 1.54) is 16.2 Å². The highest BCUT2D eigenvalue weighted by molar-refractivity contribution is 9.10. The van der Waals surface area contributed by atoms with Gasteiger partial charge in [0.2, 0.25) is 5.13 Å². The fourth-order valence-electron chi connectivity index (χ4n) is 2.75. The Morgan fingerprint density at radius 2 is 1.83 bits per heavy atom. The van der Waals surface area contributed by atoms with Crippen LogP contribution in [-0.4, -0.2) is 36.9 Å². The normalized spacial score (nSPS) is 11.3. The molecule has 0 radical (unpaired) electrons. The number of halogens is 1. The van der Waals surface area contributed by atoms with Crippen LogP contribution >= 0.6 is 27.3 Å². The van der Waals surface area contributed by atoms with Crippen LogP contribution in [0.25, 0.3) is 10.6 Å². The number of methoxy groups -OCH3 is 1. The van der Waals surface area contributed by atoms with Crippen molar-refractivity contribution in [2.45, 2.75) is 26.2 Å². The highest BCUT2D eigenvalue weighted by Gasteiger charge is 2.22. The molecule has 0 N–H and O–H groups in total. The van der Waals surface area contributed by atoms with E-state index < -0.39 is 0 Å². The zero-order valence-corrected chi connectivity index (χ0v) is 20.0. The van der Waals surface area contributed by atoms with E-state index in [0.29, 0.717) is 10.9 Å². The highest BCUT2D eigenvalue weighted by Crippen LogP contribution is 2.34. The minimum atomic E-state index is -0.204. The lowest BCUT2D eigenvalue weighted by atomic mass is 9.86. The third kappa shape index (κ3) is 5.17. The Morgan fingerprint density at radius 1 is 1.13 bits per heavy atom. The summed E-state index contributed by atoms with van der Waals surface area (Å²) in [5.74, 6) is 1.21. The lowest BCUT2D eigenvalue weighted by Crippen LogP contribution is -2.31. The maximum atomic E-state index is 12.7. The Hall–Kier alpha value is -2.45.